The van der Waals surface area contributed by atoms with Gasteiger partial charge in [0.25, 0.3) is 0 Å². The SMILES string of the molecule is CNC(=O)N[C@@H](C)Cc1ccc(OC)cc1C(=N)c1ccc(-n2nc(C)cc2COC)cc1. The zero-order chi connectivity index (χ0) is 24.0. The Morgan fingerprint density at radius 3 is 2.52 bits per heavy atom. The van der Waals surface area contributed by atoms with Crippen LogP contribution < -0.4 is 15.4 Å². The van der Waals surface area contributed by atoms with Crippen molar-refractivity contribution in [2.24, 2.45) is 0 Å². The third kappa shape index (κ3) is 5.78. The van der Waals surface area contributed by atoms with E-state index in [0.29, 0.717) is 24.5 Å². The fraction of sp³-hybridized carbons (Fsp3) is 0.320. The number of amides is 2. The van der Waals surface area contributed by atoms with Crippen molar-refractivity contribution >= 4 is 11.7 Å². The van der Waals surface area contributed by atoms with Crippen LogP contribution in [0.4, 0.5) is 4.79 Å². The van der Waals surface area contributed by atoms with Crippen LogP contribution in [0, 0.1) is 12.3 Å². The molecule has 1 aromatic heterocycles. The van der Waals surface area contributed by atoms with E-state index in [4.69, 9.17) is 14.9 Å². The average molecular weight is 450 g/mol. The molecule has 33 heavy (non-hydrogen) atoms. The molecule has 0 saturated carbocycles. The van der Waals surface area contributed by atoms with Gasteiger partial charge >= 0.3 is 6.03 Å². The molecular weight excluding hydrogens is 418 g/mol. The zero-order valence-electron chi connectivity index (χ0n) is 19.7. The molecule has 2 amide bonds. The molecule has 0 saturated heterocycles. The molecule has 0 aliphatic heterocycles. The molecule has 0 aliphatic carbocycles. The molecule has 2 aromatic carbocycles. The number of carbonyl (C=O) groups is 1. The summed E-state index contributed by atoms with van der Waals surface area (Å²) in [4.78, 5) is 11.7. The Labute approximate surface area is 194 Å². The van der Waals surface area contributed by atoms with E-state index in [9.17, 15) is 4.79 Å². The van der Waals surface area contributed by atoms with Crippen LogP contribution in [0.5, 0.6) is 5.75 Å². The molecule has 8 nitrogen and oxygen atoms in total. The first kappa shape index (κ1) is 24.0. The van der Waals surface area contributed by atoms with Crippen LogP contribution in [0.15, 0.2) is 48.5 Å². The molecule has 1 heterocycles. The van der Waals surface area contributed by atoms with Crippen LogP contribution in [0.25, 0.3) is 5.69 Å². The maximum Gasteiger partial charge on any atom is 0.314 e. The van der Waals surface area contributed by atoms with Crippen LogP contribution in [-0.4, -0.2) is 48.8 Å². The summed E-state index contributed by atoms with van der Waals surface area (Å²) >= 11 is 0. The van der Waals surface area contributed by atoms with E-state index in [-0.39, 0.29) is 12.1 Å². The molecule has 0 spiro atoms. The number of methoxy groups -OCH3 is 2. The van der Waals surface area contributed by atoms with E-state index >= 15 is 0 Å². The van der Waals surface area contributed by atoms with Gasteiger partial charge in [-0.2, -0.15) is 5.10 Å². The maximum absolute atomic E-state index is 11.7. The molecule has 0 aliphatic rings. The van der Waals surface area contributed by atoms with Crippen LogP contribution in [0.2, 0.25) is 0 Å². The standard InChI is InChI=1S/C25H31N5O3/c1-16(28-25(31)27-3)12-19-8-11-22(33-5)14-23(19)24(26)18-6-9-20(10-7-18)30-21(15-32-4)13-17(2)29-30/h6-11,13-14,16,26H,12,15H2,1-5H3,(H2,27,28,31)/t16-/m0/s1. The highest BCUT2D eigenvalue weighted by atomic mass is 16.5. The summed E-state index contributed by atoms with van der Waals surface area (Å²) < 4.78 is 12.5. The van der Waals surface area contributed by atoms with Crippen LogP contribution in [-0.2, 0) is 17.8 Å². The number of aromatic nitrogens is 2. The first-order valence-electron chi connectivity index (χ1n) is 10.8. The van der Waals surface area contributed by atoms with Crippen molar-refractivity contribution in [2.45, 2.75) is 32.9 Å². The lowest BCUT2D eigenvalue weighted by Gasteiger charge is -2.18. The van der Waals surface area contributed by atoms with Crippen molar-refractivity contribution in [2.75, 3.05) is 21.3 Å². The van der Waals surface area contributed by atoms with Crippen molar-refractivity contribution in [3.63, 3.8) is 0 Å². The summed E-state index contributed by atoms with van der Waals surface area (Å²) in [7, 11) is 4.85. The van der Waals surface area contributed by atoms with Gasteiger partial charge in [-0.3, -0.25) is 5.41 Å². The minimum atomic E-state index is -0.232. The Bertz CT molecular complexity index is 1120. The largest absolute Gasteiger partial charge is 0.497 e. The molecule has 8 heteroatoms. The summed E-state index contributed by atoms with van der Waals surface area (Å²) in [6.07, 6.45) is 0.583. The molecule has 1 atom stereocenters. The molecule has 3 rings (SSSR count). The van der Waals surface area contributed by atoms with Gasteiger partial charge in [-0.15, -0.1) is 0 Å². The number of hydrogen-bond donors (Lipinski definition) is 3. The van der Waals surface area contributed by atoms with E-state index in [2.05, 4.69) is 15.7 Å². The zero-order valence-corrected chi connectivity index (χ0v) is 19.7. The summed E-state index contributed by atoms with van der Waals surface area (Å²) in [6.45, 7) is 4.35. The number of nitrogens with one attached hydrogen (secondary N) is 3. The minimum Gasteiger partial charge on any atom is -0.497 e. The Hall–Kier alpha value is -3.65. The topological polar surface area (TPSA) is 101 Å². The molecule has 0 unspecified atom stereocenters. The van der Waals surface area contributed by atoms with Gasteiger partial charge in [0, 0.05) is 31.3 Å². The lowest BCUT2D eigenvalue weighted by molar-refractivity contribution is 0.179. The van der Waals surface area contributed by atoms with Crippen LogP contribution in [0.1, 0.15) is 35.0 Å². The summed E-state index contributed by atoms with van der Waals surface area (Å²) in [5.74, 6) is 0.679. The average Bonchev–Trinajstić information content (AvgIpc) is 3.19. The quantitative estimate of drug-likeness (QED) is 0.434. The summed E-state index contributed by atoms with van der Waals surface area (Å²) in [5, 5.41) is 18.9. The fourth-order valence-corrected chi connectivity index (χ4v) is 3.72. The van der Waals surface area contributed by atoms with Crippen molar-refractivity contribution < 1.29 is 14.3 Å². The van der Waals surface area contributed by atoms with Gasteiger partial charge in [0.2, 0.25) is 0 Å². The first-order chi connectivity index (χ1) is 15.9. The van der Waals surface area contributed by atoms with Gasteiger partial charge < -0.3 is 20.1 Å². The molecule has 0 radical (unpaired) electrons. The summed E-state index contributed by atoms with van der Waals surface area (Å²) in [6, 6.07) is 15.1. The van der Waals surface area contributed by atoms with E-state index in [1.807, 2.05) is 67.1 Å². The molecule has 0 fully saturated rings. The van der Waals surface area contributed by atoms with E-state index < -0.39 is 0 Å². The predicted octanol–water partition coefficient (Wildman–Crippen LogP) is 3.61. The fourth-order valence-electron chi connectivity index (χ4n) is 3.72. The third-order valence-corrected chi connectivity index (χ3v) is 5.32. The second kappa shape index (κ2) is 10.8. The van der Waals surface area contributed by atoms with E-state index in [1.54, 1.807) is 21.3 Å². The number of carbonyl (C=O) groups excluding carboxylic acids is 1. The molecule has 3 aromatic rings. The Balaban J connectivity index is 1.89. The number of rotatable bonds is 9. The monoisotopic (exact) mass is 449 g/mol. The maximum atomic E-state index is 11.7. The Kier molecular flexibility index (Phi) is 7.84. The summed E-state index contributed by atoms with van der Waals surface area (Å²) in [5.41, 5.74) is 5.67. The number of ether oxygens (including phenoxy) is 2. The van der Waals surface area contributed by atoms with Crippen LogP contribution in [0.3, 0.4) is 0 Å². The normalized spacial score (nSPS) is 11.7. The van der Waals surface area contributed by atoms with Gasteiger partial charge in [0.05, 0.1) is 36.5 Å². The number of hydrogen-bond acceptors (Lipinski definition) is 5. The second-order valence-electron chi connectivity index (χ2n) is 7.90. The molecule has 0 bridgehead atoms. The lowest BCUT2D eigenvalue weighted by Crippen LogP contribution is -2.40. The molecule has 3 N–H and O–H groups in total. The highest BCUT2D eigenvalue weighted by molar-refractivity contribution is 6.12. The number of benzene rings is 2. The van der Waals surface area contributed by atoms with Crippen LogP contribution >= 0.6 is 0 Å². The Morgan fingerprint density at radius 2 is 1.88 bits per heavy atom. The van der Waals surface area contributed by atoms with Gasteiger partial charge in [0.1, 0.15) is 5.75 Å². The van der Waals surface area contributed by atoms with Crippen molar-refractivity contribution in [3.8, 4) is 11.4 Å². The van der Waals surface area contributed by atoms with Gasteiger partial charge in [-0.1, -0.05) is 18.2 Å². The van der Waals surface area contributed by atoms with Gasteiger partial charge in [-0.25, -0.2) is 9.48 Å². The minimum absolute atomic E-state index is 0.102. The first-order valence-corrected chi connectivity index (χ1v) is 10.8. The molecular formula is C25H31N5O3. The van der Waals surface area contributed by atoms with Crippen molar-refractivity contribution in [1.29, 1.82) is 5.41 Å². The van der Waals surface area contributed by atoms with Gasteiger partial charge in [0.15, 0.2) is 0 Å². The van der Waals surface area contributed by atoms with E-state index in [0.717, 1.165) is 33.8 Å². The number of urea groups is 1. The van der Waals surface area contributed by atoms with Crippen molar-refractivity contribution in [1.82, 2.24) is 20.4 Å². The van der Waals surface area contributed by atoms with Crippen molar-refractivity contribution in [3.05, 3.63) is 76.6 Å². The van der Waals surface area contributed by atoms with Gasteiger partial charge in [-0.05, 0) is 56.2 Å². The Morgan fingerprint density at radius 1 is 1.15 bits per heavy atom. The molecule has 174 valence electrons. The van der Waals surface area contributed by atoms with E-state index in [1.165, 1.54) is 0 Å². The second-order valence-corrected chi connectivity index (χ2v) is 7.90. The number of nitrogens with zero attached hydrogens (tertiary/aromatic N) is 2. The highest BCUT2D eigenvalue weighted by Crippen LogP contribution is 2.23. The lowest BCUT2D eigenvalue weighted by atomic mass is 9.93. The predicted molar refractivity (Wildman–Crippen MR) is 129 cm³/mol. The highest BCUT2D eigenvalue weighted by Gasteiger charge is 2.16. The number of aryl methyl sites for hydroxylation is 1. The smallest absolute Gasteiger partial charge is 0.314 e. The third-order valence-electron chi connectivity index (χ3n) is 5.32.